The highest BCUT2D eigenvalue weighted by atomic mass is 32.2. The largest absolute Gasteiger partial charge is 0.351 e. The summed E-state index contributed by atoms with van der Waals surface area (Å²) in [4.78, 5) is 13.3. The second-order valence-electron chi connectivity index (χ2n) is 6.21. The van der Waals surface area contributed by atoms with Gasteiger partial charge in [0.2, 0.25) is 5.91 Å². The van der Waals surface area contributed by atoms with Gasteiger partial charge >= 0.3 is 0 Å². The molecule has 2 aromatic rings. The molecule has 0 radical (unpaired) electrons. The molecule has 6 heteroatoms. The van der Waals surface area contributed by atoms with Crippen molar-refractivity contribution in [2.75, 3.05) is 12.0 Å². The highest BCUT2D eigenvalue weighted by Crippen LogP contribution is 2.21. The Kier molecular flexibility index (Phi) is 6.67. The summed E-state index contributed by atoms with van der Waals surface area (Å²) in [6.45, 7) is 4.69. The summed E-state index contributed by atoms with van der Waals surface area (Å²) in [6.07, 6.45) is 1.18. The monoisotopic (exact) mass is 377 g/mol. The van der Waals surface area contributed by atoms with Gasteiger partial charge in [-0.2, -0.15) is 0 Å². The summed E-state index contributed by atoms with van der Waals surface area (Å²) in [5, 5.41) is 2.85. The summed E-state index contributed by atoms with van der Waals surface area (Å²) < 4.78 is 22.8. The van der Waals surface area contributed by atoms with Gasteiger partial charge in [-0.1, -0.05) is 38.1 Å². The first kappa shape index (κ1) is 19.5. The standard InChI is InChI=1S/C19H23NO3S2/c1-14(2)16-6-8-17(9-7-16)24-13-19(21)20-12-15-4-10-18(11-5-15)25(3,22)23/h4-11,14H,12-13H2,1-3H3,(H,20,21). The average Bonchev–Trinajstić information content (AvgIpc) is 2.58. The molecule has 0 saturated heterocycles. The van der Waals surface area contributed by atoms with Crippen LogP contribution >= 0.6 is 11.8 Å². The normalized spacial score (nSPS) is 11.5. The molecule has 0 aliphatic rings. The maximum Gasteiger partial charge on any atom is 0.230 e. The van der Waals surface area contributed by atoms with Crippen LogP contribution in [0.3, 0.4) is 0 Å². The molecular weight excluding hydrogens is 354 g/mol. The lowest BCUT2D eigenvalue weighted by Gasteiger charge is -2.08. The number of benzene rings is 2. The van der Waals surface area contributed by atoms with Gasteiger partial charge in [0.15, 0.2) is 9.84 Å². The minimum Gasteiger partial charge on any atom is -0.351 e. The van der Waals surface area contributed by atoms with E-state index in [0.717, 1.165) is 10.5 Å². The van der Waals surface area contributed by atoms with Gasteiger partial charge < -0.3 is 5.32 Å². The van der Waals surface area contributed by atoms with Crippen molar-refractivity contribution < 1.29 is 13.2 Å². The first-order valence-electron chi connectivity index (χ1n) is 8.04. The molecule has 0 spiro atoms. The molecule has 0 saturated carbocycles. The molecule has 25 heavy (non-hydrogen) atoms. The molecular formula is C19H23NO3S2. The molecule has 1 N–H and O–H groups in total. The fourth-order valence-electron chi connectivity index (χ4n) is 2.20. The minimum absolute atomic E-state index is 0.0508. The first-order valence-corrected chi connectivity index (χ1v) is 10.9. The number of rotatable bonds is 7. The molecule has 0 unspecified atom stereocenters. The predicted octanol–water partition coefficient (Wildman–Crippen LogP) is 3.62. The van der Waals surface area contributed by atoms with Gasteiger partial charge in [0.1, 0.15) is 0 Å². The van der Waals surface area contributed by atoms with Gasteiger partial charge in [0, 0.05) is 17.7 Å². The van der Waals surface area contributed by atoms with E-state index in [1.54, 1.807) is 24.3 Å². The van der Waals surface area contributed by atoms with Crippen molar-refractivity contribution in [2.45, 2.75) is 36.1 Å². The van der Waals surface area contributed by atoms with Crippen LogP contribution in [0.2, 0.25) is 0 Å². The van der Waals surface area contributed by atoms with E-state index in [4.69, 9.17) is 0 Å². The van der Waals surface area contributed by atoms with Crippen molar-refractivity contribution in [3.8, 4) is 0 Å². The van der Waals surface area contributed by atoms with Crippen molar-refractivity contribution in [2.24, 2.45) is 0 Å². The third-order valence-electron chi connectivity index (χ3n) is 3.76. The Bertz CT molecular complexity index is 811. The van der Waals surface area contributed by atoms with Crippen LogP contribution in [-0.4, -0.2) is 26.3 Å². The quantitative estimate of drug-likeness (QED) is 0.749. The Morgan fingerprint density at radius 2 is 1.64 bits per heavy atom. The Balaban J connectivity index is 1.80. The molecule has 0 atom stereocenters. The number of hydrogen-bond donors (Lipinski definition) is 1. The van der Waals surface area contributed by atoms with Crippen LogP contribution in [0.15, 0.2) is 58.3 Å². The highest BCUT2D eigenvalue weighted by molar-refractivity contribution is 8.00. The van der Waals surface area contributed by atoms with E-state index >= 15 is 0 Å². The van der Waals surface area contributed by atoms with Gasteiger partial charge in [0.25, 0.3) is 0 Å². The number of carbonyl (C=O) groups excluding carboxylic acids is 1. The molecule has 2 aromatic carbocycles. The third-order valence-corrected chi connectivity index (χ3v) is 5.90. The van der Waals surface area contributed by atoms with Gasteiger partial charge in [0.05, 0.1) is 10.6 Å². The number of sulfone groups is 1. The lowest BCUT2D eigenvalue weighted by Crippen LogP contribution is -2.24. The number of carbonyl (C=O) groups is 1. The Hall–Kier alpha value is -1.79. The van der Waals surface area contributed by atoms with Crippen LogP contribution in [0.25, 0.3) is 0 Å². The number of hydrogen-bond acceptors (Lipinski definition) is 4. The van der Waals surface area contributed by atoms with E-state index < -0.39 is 9.84 Å². The van der Waals surface area contributed by atoms with E-state index in [1.807, 2.05) is 12.1 Å². The Morgan fingerprint density at radius 3 is 2.16 bits per heavy atom. The lowest BCUT2D eigenvalue weighted by molar-refractivity contribution is -0.118. The van der Waals surface area contributed by atoms with E-state index in [2.05, 4.69) is 31.3 Å². The maximum atomic E-state index is 12.0. The van der Waals surface area contributed by atoms with Crippen molar-refractivity contribution in [3.05, 3.63) is 59.7 Å². The zero-order valence-corrected chi connectivity index (χ0v) is 16.3. The first-order chi connectivity index (χ1) is 11.8. The second kappa shape index (κ2) is 8.54. The van der Waals surface area contributed by atoms with Crippen molar-refractivity contribution in [1.82, 2.24) is 5.32 Å². The van der Waals surface area contributed by atoms with E-state index in [9.17, 15) is 13.2 Å². The van der Waals surface area contributed by atoms with Crippen LogP contribution in [0.5, 0.6) is 0 Å². The van der Waals surface area contributed by atoms with Gasteiger partial charge in [-0.25, -0.2) is 8.42 Å². The fraction of sp³-hybridized carbons (Fsp3) is 0.316. The molecule has 134 valence electrons. The second-order valence-corrected chi connectivity index (χ2v) is 9.27. The summed E-state index contributed by atoms with van der Waals surface area (Å²) in [6, 6.07) is 14.8. The molecule has 0 heterocycles. The van der Waals surface area contributed by atoms with Crippen LogP contribution < -0.4 is 5.32 Å². The maximum absolute atomic E-state index is 12.0. The fourth-order valence-corrected chi connectivity index (χ4v) is 3.56. The van der Waals surface area contributed by atoms with Crippen LogP contribution in [0.4, 0.5) is 0 Å². The summed E-state index contributed by atoms with van der Waals surface area (Å²) in [5.41, 5.74) is 2.15. The van der Waals surface area contributed by atoms with Crippen LogP contribution in [0, 0.1) is 0 Å². The molecule has 2 rings (SSSR count). The van der Waals surface area contributed by atoms with Crippen molar-refractivity contribution in [1.29, 1.82) is 0 Å². The van der Waals surface area contributed by atoms with Crippen LogP contribution in [0.1, 0.15) is 30.9 Å². The Labute approximate surface area is 154 Å². The molecule has 0 aliphatic heterocycles. The molecule has 0 bridgehead atoms. The van der Waals surface area contributed by atoms with E-state index in [-0.39, 0.29) is 10.8 Å². The SMILES string of the molecule is CC(C)c1ccc(SCC(=O)NCc2ccc(S(C)(=O)=O)cc2)cc1. The van der Waals surface area contributed by atoms with E-state index in [0.29, 0.717) is 18.2 Å². The minimum atomic E-state index is -3.19. The van der Waals surface area contributed by atoms with Crippen molar-refractivity contribution >= 4 is 27.5 Å². The zero-order valence-electron chi connectivity index (χ0n) is 14.7. The smallest absolute Gasteiger partial charge is 0.230 e. The third kappa shape index (κ3) is 6.21. The van der Waals surface area contributed by atoms with Gasteiger partial charge in [-0.05, 0) is 41.3 Å². The predicted molar refractivity (Wildman–Crippen MR) is 103 cm³/mol. The summed E-state index contributed by atoms with van der Waals surface area (Å²) in [5.74, 6) is 0.796. The molecule has 0 aliphatic carbocycles. The average molecular weight is 378 g/mol. The van der Waals surface area contributed by atoms with Gasteiger partial charge in [-0.3, -0.25) is 4.79 Å². The van der Waals surface area contributed by atoms with Crippen molar-refractivity contribution in [3.63, 3.8) is 0 Å². The molecule has 0 fully saturated rings. The molecule has 4 nitrogen and oxygen atoms in total. The topological polar surface area (TPSA) is 63.2 Å². The Morgan fingerprint density at radius 1 is 1.04 bits per heavy atom. The van der Waals surface area contributed by atoms with Gasteiger partial charge in [-0.15, -0.1) is 11.8 Å². The summed E-state index contributed by atoms with van der Waals surface area (Å²) in [7, 11) is -3.19. The summed E-state index contributed by atoms with van der Waals surface area (Å²) >= 11 is 1.50. The molecule has 0 aromatic heterocycles. The lowest BCUT2D eigenvalue weighted by atomic mass is 10.0. The number of nitrogens with one attached hydrogen (secondary N) is 1. The number of amides is 1. The van der Waals surface area contributed by atoms with Crippen LogP contribution in [-0.2, 0) is 21.2 Å². The zero-order chi connectivity index (χ0) is 18.4. The molecule has 1 amide bonds. The van der Waals surface area contributed by atoms with E-state index in [1.165, 1.54) is 23.6 Å². The number of thioether (sulfide) groups is 1. The highest BCUT2D eigenvalue weighted by Gasteiger charge is 2.07.